The van der Waals surface area contributed by atoms with Gasteiger partial charge in [0.2, 0.25) is 0 Å². The van der Waals surface area contributed by atoms with E-state index in [-0.39, 0.29) is 43.8 Å². The fraction of sp³-hybridized carbons (Fsp3) is 0.500. The highest BCUT2D eigenvalue weighted by Gasteiger charge is 2.55. The number of rotatable bonds is 19. The fourth-order valence-corrected chi connectivity index (χ4v) is 7.44. The third-order valence-corrected chi connectivity index (χ3v) is 9.33. The molecule has 0 saturated heterocycles. The number of hydrogen-bond acceptors (Lipinski definition) is 14. The number of nitrogens with two attached hydrogens (primary N) is 2. The molecule has 1 aliphatic carbocycles. The van der Waals surface area contributed by atoms with Crippen LogP contribution in [0.25, 0.3) is 0 Å². The number of fused-ring (bicyclic) bond motifs is 2. The lowest BCUT2D eigenvalue weighted by molar-refractivity contribution is -0.142. The van der Waals surface area contributed by atoms with Crippen LogP contribution in [-0.4, -0.2) is 110 Å². The molecule has 0 aromatic heterocycles. The highest BCUT2D eigenvalue weighted by Crippen LogP contribution is 2.47. The van der Waals surface area contributed by atoms with Crippen LogP contribution in [0, 0.1) is 11.8 Å². The number of carbonyl (C=O) groups excluding carboxylic acids is 4. The number of carbonyl (C=O) groups is 6. The standard InChI is InChI=1S/C36H50N6O12/c1-18(2)13-35(17-45,40-20(15-43)9-11-37)22-5-6-23(27-26(22)30(48)28-24(46)7-8-25(47)29(28)31(27)49)36(14-19(3)4,32(50)39-33(51)52)42(41-34(53)54)21(16-44)10-12-38/h5-8,17-21,40-41,43-44,46-47H,9-16,37-38H2,1-4H3,(H,39,50)(H,51,52)(H,53,54)/t20?,21?,35-,36-/m1/s1. The lowest BCUT2D eigenvalue weighted by Gasteiger charge is -2.47. The van der Waals surface area contributed by atoms with E-state index in [1.54, 1.807) is 33.0 Å². The maximum Gasteiger partial charge on any atom is 0.419 e. The van der Waals surface area contributed by atoms with Crippen molar-refractivity contribution in [3.8, 4) is 11.5 Å². The van der Waals surface area contributed by atoms with Crippen molar-refractivity contribution in [3.63, 3.8) is 0 Å². The van der Waals surface area contributed by atoms with Gasteiger partial charge in [-0.3, -0.25) is 30.4 Å². The number of aliphatic hydroxyl groups excluding tert-OH is 2. The Hall–Kier alpha value is -4.98. The summed E-state index contributed by atoms with van der Waals surface area (Å²) in [5, 5.41) is 68.3. The zero-order chi connectivity index (χ0) is 40.7. The van der Waals surface area contributed by atoms with Crippen LogP contribution in [0.2, 0.25) is 0 Å². The van der Waals surface area contributed by atoms with E-state index >= 15 is 0 Å². The Morgan fingerprint density at radius 3 is 1.72 bits per heavy atom. The van der Waals surface area contributed by atoms with E-state index in [9.17, 15) is 59.4 Å². The van der Waals surface area contributed by atoms with Crippen LogP contribution in [0.3, 0.4) is 0 Å². The lowest BCUT2D eigenvalue weighted by atomic mass is 9.68. The number of aliphatic hydroxyl groups is 2. The van der Waals surface area contributed by atoms with E-state index in [0.717, 1.165) is 17.1 Å². The Kier molecular flexibility index (Phi) is 14.4. The molecule has 2 aromatic rings. The SMILES string of the molecule is CC(C)C[C@](C(=O)NC(=O)O)(c1ccc([C@](C=O)(CC(C)C)NC(CO)CCN)c2c1C(=O)c1c(O)ccc(O)c1C2=O)N(NC(=O)O)C(CO)CCN. The van der Waals surface area contributed by atoms with Gasteiger partial charge in [-0.2, -0.15) is 5.01 Å². The second-order valence-electron chi connectivity index (χ2n) is 14.1. The number of nitrogens with one attached hydrogen (secondary N) is 3. The van der Waals surface area contributed by atoms with Gasteiger partial charge in [-0.25, -0.2) is 9.59 Å². The molecule has 3 amide bonds. The number of phenolic OH excluding ortho intramolecular Hbond substituents is 2. The molecule has 13 N–H and O–H groups in total. The molecule has 0 spiro atoms. The number of nitrogens with zero attached hydrogens (tertiary/aromatic N) is 1. The third-order valence-electron chi connectivity index (χ3n) is 9.33. The summed E-state index contributed by atoms with van der Waals surface area (Å²) in [6.07, 6.45) is -3.60. The molecule has 2 unspecified atom stereocenters. The fourth-order valence-electron chi connectivity index (χ4n) is 7.44. The average molecular weight is 759 g/mol. The minimum absolute atomic E-state index is 0.0316. The monoisotopic (exact) mass is 758 g/mol. The van der Waals surface area contributed by atoms with Gasteiger partial charge in [-0.15, -0.1) is 0 Å². The molecule has 0 heterocycles. The van der Waals surface area contributed by atoms with Crippen LogP contribution in [0.5, 0.6) is 11.5 Å². The average Bonchev–Trinajstić information content (AvgIpc) is 3.10. The van der Waals surface area contributed by atoms with E-state index < -0.39 is 118 Å². The van der Waals surface area contributed by atoms with Crippen molar-refractivity contribution in [2.24, 2.45) is 23.3 Å². The van der Waals surface area contributed by atoms with Gasteiger partial charge in [0.1, 0.15) is 28.9 Å². The number of aldehydes is 1. The molecule has 0 fully saturated rings. The summed E-state index contributed by atoms with van der Waals surface area (Å²) in [7, 11) is 0. The molecule has 0 saturated carbocycles. The quantitative estimate of drug-likeness (QED) is 0.0458. The molecule has 3 rings (SSSR count). The zero-order valence-corrected chi connectivity index (χ0v) is 30.6. The Bertz CT molecular complexity index is 1770. The van der Waals surface area contributed by atoms with Crippen LogP contribution in [0.15, 0.2) is 24.3 Å². The Balaban J connectivity index is 2.77. The second-order valence-corrected chi connectivity index (χ2v) is 14.1. The van der Waals surface area contributed by atoms with Crippen LogP contribution in [0.4, 0.5) is 9.59 Å². The minimum atomic E-state index is -2.57. The van der Waals surface area contributed by atoms with Gasteiger partial charge in [0.15, 0.2) is 11.6 Å². The number of benzene rings is 2. The van der Waals surface area contributed by atoms with Crippen molar-refractivity contribution >= 4 is 35.9 Å². The van der Waals surface area contributed by atoms with Gasteiger partial charge in [0.05, 0.1) is 30.4 Å². The summed E-state index contributed by atoms with van der Waals surface area (Å²) in [6.45, 7) is 5.37. The number of hydrazine groups is 1. The predicted molar refractivity (Wildman–Crippen MR) is 193 cm³/mol. The van der Waals surface area contributed by atoms with Gasteiger partial charge in [-0.05, 0) is 73.9 Å². The summed E-state index contributed by atoms with van der Waals surface area (Å²) in [6, 6.07) is 2.23. The molecule has 0 radical (unpaired) electrons. The number of hydrogen-bond donors (Lipinski definition) is 11. The molecule has 18 nitrogen and oxygen atoms in total. The third kappa shape index (κ3) is 8.38. The Labute approximate surface area is 311 Å². The first-order valence-corrected chi connectivity index (χ1v) is 17.4. The molecular weight excluding hydrogens is 708 g/mol. The van der Waals surface area contributed by atoms with Crippen molar-refractivity contribution in [1.29, 1.82) is 0 Å². The number of ketones is 2. The number of phenols is 2. The molecule has 296 valence electrons. The van der Waals surface area contributed by atoms with Crippen molar-refractivity contribution in [2.75, 3.05) is 26.3 Å². The van der Waals surface area contributed by atoms with Crippen molar-refractivity contribution in [2.45, 2.75) is 76.5 Å². The summed E-state index contributed by atoms with van der Waals surface area (Å²) < 4.78 is 0. The number of imide groups is 1. The number of aromatic hydroxyl groups is 2. The molecule has 54 heavy (non-hydrogen) atoms. The van der Waals surface area contributed by atoms with Gasteiger partial charge in [-0.1, -0.05) is 39.8 Å². The highest BCUT2D eigenvalue weighted by atomic mass is 16.4. The van der Waals surface area contributed by atoms with E-state index in [2.05, 4.69) is 10.7 Å². The maximum absolute atomic E-state index is 14.9. The van der Waals surface area contributed by atoms with E-state index in [4.69, 9.17) is 11.5 Å². The van der Waals surface area contributed by atoms with E-state index in [1.807, 2.05) is 0 Å². The Morgan fingerprint density at radius 1 is 0.778 bits per heavy atom. The predicted octanol–water partition coefficient (Wildman–Crippen LogP) is 0.843. The largest absolute Gasteiger partial charge is 0.507 e. The molecular formula is C36H50N6O12. The smallest absolute Gasteiger partial charge is 0.419 e. The summed E-state index contributed by atoms with van der Waals surface area (Å²) in [5.41, 5.74) is 6.26. The van der Waals surface area contributed by atoms with Gasteiger partial charge < -0.3 is 46.9 Å². The van der Waals surface area contributed by atoms with E-state index in [0.29, 0.717) is 6.29 Å². The maximum atomic E-state index is 14.9. The first kappa shape index (κ1) is 43.4. The summed E-state index contributed by atoms with van der Waals surface area (Å²) in [4.78, 5) is 82.4. The van der Waals surface area contributed by atoms with Crippen LogP contribution in [-0.2, 0) is 20.7 Å². The number of carboxylic acid groups (broad SMARTS) is 2. The first-order valence-electron chi connectivity index (χ1n) is 17.4. The molecule has 18 heteroatoms. The van der Waals surface area contributed by atoms with Crippen LogP contribution < -0.4 is 27.5 Å². The highest BCUT2D eigenvalue weighted by molar-refractivity contribution is 6.31. The number of amides is 3. The van der Waals surface area contributed by atoms with Crippen LogP contribution >= 0.6 is 0 Å². The van der Waals surface area contributed by atoms with Crippen LogP contribution in [0.1, 0.15) is 96.3 Å². The topological polar surface area (TPSA) is 315 Å². The Morgan fingerprint density at radius 2 is 1.30 bits per heavy atom. The van der Waals surface area contributed by atoms with Gasteiger partial charge >= 0.3 is 12.2 Å². The van der Waals surface area contributed by atoms with Crippen molar-refractivity contribution in [1.82, 2.24) is 21.1 Å². The molecule has 0 bridgehead atoms. The summed E-state index contributed by atoms with van der Waals surface area (Å²) >= 11 is 0. The lowest BCUT2D eigenvalue weighted by Crippen LogP contribution is -2.67. The van der Waals surface area contributed by atoms with Crippen molar-refractivity contribution in [3.05, 3.63) is 57.6 Å². The molecule has 1 aliphatic rings. The minimum Gasteiger partial charge on any atom is -0.507 e. The second kappa shape index (κ2) is 17.9. The molecule has 4 atom stereocenters. The molecule has 0 aliphatic heterocycles. The van der Waals surface area contributed by atoms with Gasteiger partial charge in [0, 0.05) is 17.2 Å². The zero-order valence-electron chi connectivity index (χ0n) is 30.6. The molecule has 2 aromatic carbocycles. The normalized spacial score (nSPS) is 15.9. The first-order chi connectivity index (χ1) is 25.4. The van der Waals surface area contributed by atoms with Gasteiger partial charge in [0.25, 0.3) is 5.91 Å². The van der Waals surface area contributed by atoms with E-state index in [1.165, 1.54) is 12.1 Å². The van der Waals surface area contributed by atoms with Crippen molar-refractivity contribution < 1.29 is 59.4 Å². The summed E-state index contributed by atoms with van der Waals surface area (Å²) in [5.74, 6) is -5.94.